The Kier molecular flexibility index (Phi) is 9.63. The minimum atomic E-state index is 0.606. The first-order valence-electron chi connectivity index (χ1n) is 7.59. The Morgan fingerprint density at radius 2 is 1.74 bits per heavy atom. The van der Waals surface area contributed by atoms with Crippen molar-refractivity contribution in [2.75, 3.05) is 5.33 Å². The van der Waals surface area contributed by atoms with Crippen LogP contribution in [0.2, 0.25) is 5.02 Å². The van der Waals surface area contributed by atoms with Gasteiger partial charge >= 0.3 is 0 Å². The summed E-state index contributed by atoms with van der Waals surface area (Å²) in [5.41, 5.74) is 1.37. The minimum Gasteiger partial charge on any atom is -0.0921 e. The number of halogens is 2. The van der Waals surface area contributed by atoms with E-state index in [0.717, 1.165) is 10.4 Å². The average Bonchev–Trinajstić information content (AvgIpc) is 2.42. The van der Waals surface area contributed by atoms with E-state index in [1.54, 1.807) is 0 Å². The number of hydrogen-bond donors (Lipinski definition) is 0. The highest BCUT2D eigenvalue weighted by Gasteiger charge is 2.09. The molecule has 0 saturated carbocycles. The highest BCUT2D eigenvalue weighted by Crippen LogP contribution is 2.26. The Labute approximate surface area is 132 Å². The van der Waals surface area contributed by atoms with Crippen molar-refractivity contribution in [2.24, 2.45) is 0 Å². The standard InChI is InChI=1S/C17H26BrCl/c1-2-3-4-5-6-7-8-10-16(14-18)15-11-9-12-17(19)13-15/h9,11-13,16H,2-8,10,14H2,1H3. The lowest BCUT2D eigenvalue weighted by molar-refractivity contribution is 0.553. The molecule has 108 valence electrons. The van der Waals surface area contributed by atoms with Crippen LogP contribution >= 0.6 is 27.5 Å². The predicted octanol–water partition coefficient (Wildman–Crippen LogP) is 6.96. The molecule has 2 heteroatoms. The second-order valence-electron chi connectivity index (χ2n) is 5.32. The van der Waals surface area contributed by atoms with Gasteiger partial charge in [0.1, 0.15) is 0 Å². The van der Waals surface area contributed by atoms with Crippen molar-refractivity contribution in [2.45, 2.75) is 64.2 Å². The van der Waals surface area contributed by atoms with Crippen molar-refractivity contribution >= 4 is 27.5 Å². The summed E-state index contributed by atoms with van der Waals surface area (Å²) in [5, 5.41) is 1.88. The molecule has 0 aliphatic rings. The van der Waals surface area contributed by atoms with Crippen molar-refractivity contribution in [1.29, 1.82) is 0 Å². The van der Waals surface area contributed by atoms with Crippen molar-refractivity contribution in [1.82, 2.24) is 0 Å². The molecule has 0 aromatic heterocycles. The average molecular weight is 346 g/mol. The van der Waals surface area contributed by atoms with E-state index in [1.165, 1.54) is 56.9 Å². The summed E-state index contributed by atoms with van der Waals surface area (Å²) < 4.78 is 0. The van der Waals surface area contributed by atoms with Gasteiger partial charge in [0.05, 0.1) is 0 Å². The molecule has 1 atom stereocenters. The zero-order valence-electron chi connectivity index (χ0n) is 12.0. The van der Waals surface area contributed by atoms with Crippen molar-refractivity contribution in [3.63, 3.8) is 0 Å². The monoisotopic (exact) mass is 344 g/mol. The van der Waals surface area contributed by atoms with Gasteiger partial charge in [0.25, 0.3) is 0 Å². The molecule has 1 rings (SSSR count). The Morgan fingerprint density at radius 1 is 1.05 bits per heavy atom. The molecule has 0 radical (unpaired) electrons. The lowest BCUT2D eigenvalue weighted by Gasteiger charge is -2.14. The van der Waals surface area contributed by atoms with Crippen LogP contribution in [0.4, 0.5) is 0 Å². The topological polar surface area (TPSA) is 0 Å². The normalized spacial score (nSPS) is 12.6. The molecular formula is C17H26BrCl. The van der Waals surface area contributed by atoms with Gasteiger partial charge in [-0.2, -0.15) is 0 Å². The Balaban J connectivity index is 2.22. The van der Waals surface area contributed by atoms with Crippen LogP contribution in [0.25, 0.3) is 0 Å². The van der Waals surface area contributed by atoms with Crippen LogP contribution in [0, 0.1) is 0 Å². The molecule has 0 bridgehead atoms. The van der Waals surface area contributed by atoms with Gasteiger partial charge in [0.2, 0.25) is 0 Å². The maximum atomic E-state index is 6.06. The van der Waals surface area contributed by atoms with E-state index in [2.05, 4.69) is 41.1 Å². The Bertz CT molecular complexity index is 338. The van der Waals surface area contributed by atoms with Crippen LogP contribution < -0.4 is 0 Å². The van der Waals surface area contributed by atoms with E-state index in [0.29, 0.717) is 5.92 Å². The summed E-state index contributed by atoms with van der Waals surface area (Å²) in [5.74, 6) is 0.606. The van der Waals surface area contributed by atoms with Gasteiger partial charge in [-0.1, -0.05) is 91.5 Å². The van der Waals surface area contributed by atoms with Crippen molar-refractivity contribution in [3.05, 3.63) is 34.9 Å². The van der Waals surface area contributed by atoms with Crippen molar-refractivity contribution in [3.8, 4) is 0 Å². The van der Waals surface area contributed by atoms with Gasteiger partial charge < -0.3 is 0 Å². The molecule has 0 N–H and O–H groups in total. The largest absolute Gasteiger partial charge is 0.0921 e. The fourth-order valence-electron chi connectivity index (χ4n) is 2.44. The second-order valence-corrected chi connectivity index (χ2v) is 6.40. The lowest BCUT2D eigenvalue weighted by atomic mass is 9.94. The summed E-state index contributed by atoms with van der Waals surface area (Å²) in [6.45, 7) is 2.27. The summed E-state index contributed by atoms with van der Waals surface area (Å²) in [6.07, 6.45) is 10.9. The van der Waals surface area contributed by atoms with E-state index in [9.17, 15) is 0 Å². The SMILES string of the molecule is CCCCCCCCCC(CBr)c1cccc(Cl)c1. The maximum absolute atomic E-state index is 6.06. The molecule has 0 fully saturated rings. The molecule has 0 aliphatic carbocycles. The van der Waals surface area contributed by atoms with Gasteiger partial charge in [-0.05, 0) is 30.0 Å². The first kappa shape index (κ1) is 17.0. The van der Waals surface area contributed by atoms with E-state index < -0.39 is 0 Å². The minimum absolute atomic E-state index is 0.606. The lowest BCUT2D eigenvalue weighted by Crippen LogP contribution is -2.00. The number of rotatable bonds is 10. The number of alkyl halides is 1. The molecule has 0 nitrogen and oxygen atoms in total. The third-order valence-corrected chi connectivity index (χ3v) is 4.68. The van der Waals surface area contributed by atoms with E-state index in [1.807, 2.05) is 6.07 Å². The highest BCUT2D eigenvalue weighted by atomic mass is 79.9. The van der Waals surface area contributed by atoms with Gasteiger partial charge in [-0.15, -0.1) is 0 Å². The summed E-state index contributed by atoms with van der Waals surface area (Å²) in [7, 11) is 0. The Hall–Kier alpha value is -0.0100. The van der Waals surface area contributed by atoms with Crippen molar-refractivity contribution < 1.29 is 0 Å². The van der Waals surface area contributed by atoms with Crippen LogP contribution in [0.1, 0.15) is 69.8 Å². The fourth-order valence-corrected chi connectivity index (χ4v) is 3.34. The molecule has 1 aromatic rings. The summed E-state index contributed by atoms with van der Waals surface area (Å²) >= 11 is 9.70. The zero-order valence-corrected chi connectivity index (χ0v) is 14.3. The first-order chi connectivity index (χ1) is 9.27. The van der Waals surface area contributed by atoms with E-state index in [-0.39, 0.29) is 0 Å². The number of hydrogen-bond acceptors (Lipinski definition) is 0. The van der Waals surface area contributed by atoms with Gasteiger partial charge in [-0.3, -0.25) is 0 Å². The molecule has 19 heavy (non-hydrogen) atoms. The smallest absolute Gasteiger partial charge is 0.0408 e. The van der Waals surface area contributed by atoms with Crippen LogP contribution in [-0.4, -0.2) is 5.33 Å². The highest BCUT2D eigenvalue weighted by molar-refractivity contribution is 9.09. The first-order valence-corrected chi connectivity index (χ1v) is 9.09. The van der Waals surface area contributed by atoms with E-state index in [4.69, 9.17) is 11.6 Å². The number of benzene rings is 1. The molecular weight excluding hydrogens is 320 g/mol. The van der Waals surface area contributed by atoms with Gasteiger partial charge in [-0.25, -0.2) is 0 Å². The molecule has 0 spiro atoms. The molecule has 1 unspecified atom stereocenters. The third kappa shape index (κ3) is 7.37. The van der Waals surface area contributed by atoms with Crippen LogP contribution in [0.5, 0.6) is 0 Å². The number of unbranched alkanes of at least 4 members (excludes halogenated alkanes) is 6. The quantitative estimate of drug-likeness (QED) is 0.317. The van der Waals surface area contributed by atoms with Gasteiger partial charge in [0.15, 0.2) is 0 Å². The van der Waals surface area contributed by atoms with Crippen LogP contribution in [-0.2, 0) is 0 Å². The summed E-state index contributed by atoms with van der Waals surface area (Å²) in [6, 6.07) is 8.30. The Morgan fingerprint density at radius 3 is 2.37 bits per heavy atom. The molecule has 0 saturated heterocycles. The molecule has 0 heterocycles. The maximum Gasteiger partial charge on any atom is 0.0408 e. The van der Waals surface area contributed by atoms with Crippen LogP contribution in [0.3, 0.4) is 0 Å². The molecule has 0 amide bonds. The molecule has 1 aromatic carbocycles. The summed E-state index contributed by atoms with van der Waals surface area (Å²) in [4.78, 5) is 0. The predicted molar refractivity (Wildman–Crippen MR) is 90.6 cm³/mol. The molecule has 0 aliphatic heterocycles. The fraction of sp³-hybridized carbons (Fsp3) is 0.647. The van der Waals surface area contributed by atoms with E-state index >= 15 is 0 Å². The zero-order chi connectivity index (χ0) is 13.9. The van der Waals surface area contributed by atoms with Gasteiger partial charge in [0, 0.05) is 10.4 Å². The van der Waals surface area contributed by atoms with Crippen LogP contribution in [0.15, 0.2) is 24.3 Å². The third-order valence-electron chi connectivity index (χ3n) is 3.66. The second kappa shape index (κ2) is 10.7.